The highest BCUT2D eigenvalue weighted by Gasteiger charge is 2.13. The molecule has 1 aromatic carbocycles. The molecular formula is C12H7ClN2O2S. The number of nitrogens with zero attached hydrogens (tertiary/aromatic N) is 1. The molecular weight excluding hydrogens is 272 g/mol. The fourth-order valence-corrected chi connectivity index (χ4v) is 2.27. The second-order valence-corrected chi connectivity index (χ2v) is 4.92. The van der Waals surface area contributed by atoms with Crippen LogP contribution >= 0.6 is 22.9 Å². The zero-order valence-electron chi connectivity index (χ0n) is 9.01. The topological polar surface area (TPSA) is 55.1 Å². The number of furan rings is 1. The highest BCUT2D eigenvalue weighted by atomic mass is 35.5. The average molecular weight is 279 g/mol. The van der Waals surface area contributed by atoms with Crippen LogP contribution < -0.4 is 5.32 Å². The summed E-state index contributed by atoms with van der Waals surface area (Å²) < 4.78 is 5.44. The number of nitrogens with one attached hydrogen (secondary N) is 1. The molecule has 18 heavy (non-hydrogen) atoms. The maximum absolute atomic E-state index is 11.9. The second kappa shape index (κ2) is 4.44. The van der Waals surface area contributed by atoms with Crippen molar-refractivity contribution in [1.82, 2.24) is 4.98 Å². The van der Waals surface area contributed by atoms with Crippen LogP contribution in [0, 0.1) is 0 Å². The Morgan fingerprint density at radius 3 is 3.06 bits per heavy atom. The van der Waals surface area contributed by atoms with Crippen LogP contribution in [0.1, 0.15) is 10.6 Å². The van der Waals surface area contributed by atoms with Gasteiger partial charge in [-0.25, -0.2) is 4.98 Å². The van der Waals surface area contributed by atoms with E-state index in [0.717, 1.165) is 5.39 Å². The predicted molar refractivity (Wildman–Crippen MR) is 71.3 cm³/mol. The lowest BCUT2D eigenvalue weighted by atomic mass is 10.2. The summed E-state index contributed by atoms with van der Waals surface area (Å²) in [5.74, 6) is -0.0836. The first kappa shape index (κ1) is 11.3. The van der Waals surface area contributed by atoms with Gasteiger partial charge in [-0.2, -0.15) is 0 Å². The van der Waals surface area contributed by atoms with Crippen LogP contribution in [0.2, 0.25) is 5.02 Å². The van der Waals surface area contributed by atoms with Crippen molar-refractivity contribution in [3.8, 4) is 0 Å². The van der Waals surface area contributed by atoms with Gasteiger partial charge in [-0.1, -0.05) is 11.6 Å². The minimum absolute atomic E-state index is 0.238. The summed E-state index contributed by atoms with van der Waals surface area (Å²) in [6.45, 7) is 0. The summed E-state index contributed by atoms with van der Waals surface area (Å²) in [6, 6.07) is 6.86. The van der Waals surface area contributed by atoms with E-state index >= 15 is 0 Å². The molecule has 1 amide bonds. The maximum atomic E-state index is 11.9. The van der Waals surface area contributed by atoms with E-state index in [0.29, 0.717) is 15.7 Å². The maximum Gasteiger partial charge on any atom is 0.293 e. The molecule has 0 saturated carbocycles. The number of benzene rings is 1. The number of thiazole rings is 1. The first-order valence-electron chi connectivity index (χ1n) is 5.12. The Morgan fingerprint density at radius 2 is 2.28 bits per heavy atom. The van der Waals surface area contributed by atoms with Crippen LogP contribution in [0.5, 0.6) is 0 Å². The first-order chi connectivity index (χ1) is 8.72. The molecule has 1 N–H and O–H groups in total. The number of amides is 1. The van der Waals surface area contributed by atoms with Gasteiger partial charge in [-0.15, -0.1) is 11.3 Å². The molecule has 6 heteroatoms. The SMILES string of the molecule is O=C(Nc1nccs1)c1cc2cc(Cl)ccc2o1. The lowest BCUT2D eigenvalue weighted by Crippen LogP contribution is -2.10. The number of anilines is 1. The fraction of sp³-hybridized carbons (Fsp3) is 0. The molecule has 3 rings (SSSR count). The number of hydrogen-bond acceptors (Lipinski definition) is 4. The van der Waals surface area contributed by atoms with Crippen LogP contribution in [0.4, 0.5) is 5.13 Å². The summed E-state index contributed by atoms with van der Waals surface area (Å²) in [5, 5.41) is 6.39. The number of aromatic nitrogens is 1. The normalized spacial score (nSPS) is 10.7. The standard InChI is InChI=1S/C12H7ClN2O2S/c13-8-1-2-9-7(5-8)6-10(17-9)11(16)15-12-14-3-4-18-12/h1-6H,(H,14,15,16). The minimum Gasteiger partial charge on any atom is -0.451 e. The van der Waals surface area contributed by atoms with Gasteiger partial charge in [0.2, 0.25) is 0 Å². The van der Waals surface area contributed by atoms with Gasteiger partial charge in [-0.05, 0) is 24.3 Å². The van der Waals surface area contributed by atoms with Crippen LogP contribution in [-0.2, 0) is 0 Å². The number of fused-ring (bicyclic) bond motifs is 1. The van der Waals surface area contributed by atoms with E-state index in [1.165, 1.54) is 11.3 Å². The molecule has 0 spiro atoms. The van der Waals surface area contributed by atoms with Gasteiger partial charge in [0.05, 0.1) is 0 Å². The number of halogens is 1. The summed E-state index contributed by atoms with van der Waals surface area (Å²) in [5.41, 5.74) is 0.628. The van der Waals surface area contributed by atoms with E-state index in [9.17, 15) is 4.79 Å². The molecule has 0 radical (unpaired) electrons. The molecule has 0 bridgehead atoms. The van der Waals surface area contributed by atoms with E-state index in [1.54, 1.807) is 35.8 Å². The highest BCUT2D eigenvalue weighted by molar-refractivity contribution is 7.13. The lowest BCUT2D eigenvalue weighted by Gasteiger charge is -1.96. The van der Waals surface area contributed by atoms with Crippen molar-refractivity contribution >= 4 is 44.9 Å². The van der Waals surface area contributed by atoms with E-state index < -0.39 is 0 Å². The molecule has 2 heterocycles. The average Bonchev–Trinajstić information content (AvgIpc) is 2.96. The Balaban J connectivity index is 1.92. The van der Waals surface area contributed by atoms with Crippen molar-refractivity contribution in [1.29, 1.82) is 0 Å². The van der Waals surface area contributed by atoms with Crippen molar-refractivity contribution < 1.29 is 9.21 Å². The van der Waals surface area contributed by atoms with Gasteiger partial charge in [0.1, 0.15) is 5.58 Å². The van der Waals surface area contributed by atoms with Crippen LogP contribution in [0.3, 0.4) is 0 Å². The van der Waals surface area contributed by atoms with E-state index in [4.69, 9.17) is 16.0 Å². The fourth-order valence-electron chi connectivity index (χ4n) is 1.57. The van der Waals surface area contributed by atoms with Gasteiger partial charge in [0.25, 0.3) is 5.91 Å². The predicted octanol–water partition coefficient (Wildman–Crippen LogP) is 3.80. The molecule has 0 saturated heterocycles. The third-order valence-electron chi connectivity index (χ3n) is 2.35. The van der Waals surface area contributed by atoms with Crippen molar-refractivity contribution in [3.05, 3.63) is 46.6 Å². The summed E-state index contributed by atoms with van der Waals surface area (Å²) >= 11 is 7.22. The number of carbonyl (C=O) groups is 1. The lowest BCUT2D eigenvalue weighted by molar-refractivity contribution is 0.0998. The first-order valence-corrected chi connectivity index (χ1v) is 6.38. The van der Waals surface area contributed by atoms with Gasteiger partial charge in [-0.3, -0.25) is 10.1 Å². The number of rotatable bonds is 2. The minimum atomic E-state index is -0.322. The zero-order valence-corrected chi connectivity index (χ0v) is 10.6. The largest absolute Gasteiger partial charge is 0.451 e. The molecule has 4 nitrogen and oxygen atoms in total. The van der Waals surface area contributed by atoms with Crippen LogP contribution in [0.15, 0.2) is 40.3 Å². The molecule has 0 fully saturated rings. The Bertz CT molecular complexity index is 706. The van der Waals surface area contributed by atoms with Crippen molar-refractivity contribution in [2.24, 2.45) is 0 Å². The highest BCUT2D eigenvalue weighted by Crippen LogP contribution is 2.23. The molecule has 90 valence electrons. The van der Waals surface area contributed by atoms with E-state index in [2.05, 4.69) is 10.3 Å². The van der Waals surface area contributed by atoms with Gasteiger partial charge in [0, 0.05) is 22.0 Å². The van der Waals surface area contributed by atoms with Crippen molar-refractivity contribution in [2.75, 3.05) is 5.32 Å². The zero-order chi connectivity index (χ0) is 12.5. The number of hydrogen-bond donors (Lipinski definition) is 1. The van der Waals surface area contributed by atoms with Crippen molar-refractivity contribution in [2.45, 2.75) is 0 Å². The molecule has 3 aromatic rings. The third kappa shape index (κ3) is 2.10. The molecule has 0 aliphatic heterocycles. The Kier molecular flexibility index (Phi) is 2.77. The summed E-state index contributed by atoms with van der Waals surface area (Å²) in [4.78, 5) is 15.9. The van der Waals surface area contributed by atoms with Gasteiger partial charge >= 0.3 is 0 Å². The Labute approximate surface area is 111 Å². The molecule has 0 atom stereocenters. The second-order valence-electron chi connectivity index (χ2n) is 3.58. The molecule has 0 aliphatic carbocycles. The summed E-state index contributed by atoms with van der Waals surface area (Å²) in [7, 11) is 0. The Hall–Kier alpha value is -1.85. The number of carbonyl (C=O) groups excluding carboxylic acids is 1. The monoisotopic (exact) mass is 278 g/mol. The third-order valence-corrected chi connectivity index (χ3v) is 3.28. The quantitative estimate of drug-likeness (QED) is 0.776. The van der Waals surface area contributed by atoms with E-state index in [1.807, 2.05) is 0 Å². The molecule has 0 unspecified atom stereocenters. The Morgan fingerprint density at radius 1 is 1.39 bits per heavy atom. The van der Waals surface area contributed by atoms with E-state index in [-0.39, 0.29) is 11.7 Å². The summed E-state index contributed by atoms with van der Waals surface area (Å²) in [6.07, 6.45) is 1.62. The van der Waals surface area contributed by atoms with Crippen molar-refractivity contribution in [3.63, 3.8) is 0 Å². The molecule has 0 aliphatic rings. The van der Waals surface area contributed by atoms with Gasteiger partial charge in [0.15, 0.2) is 10.9 Å². The van der Waals surface area contributed by atoms with Gasteiger partial charge < -0.3 is 4.42 Å². The van der Waals surface area contributed by atoms with Crippen LogP contribution in [-0.4, -0.2) is 10.9 Å². The molecule has 2 aromatic heterocycles. The smallest absolute Gasteiger partial charge is 0.293 e. The van der Waals surface area contributed by atoms with Crippen LogP contribution in [0.25, 0.3) is 11.0 Å².